The Balaban J connectivity index is 1.61. The monoisotopic (exact) mass is 369 g/mol. The van der Waals surface area contributed by atoms with Gasteiger partial charge in [-0.3, -0.25) is 9.78 Å². The molecule has 6 nitrogen and oxygen atoms in total. The number of thiazole rings is 1. The van der Waals surface area contributed by atoms with E-state index >= 15 is 0 Å². The molecule has 2 aromatic carbocycles. The van der Waals surface area contributed by atoms with Crippen LogP contribution in [0.5, 0.6) is 0 Å². The summed E-state index contributed by atoms with van der Waals surface area (Å²) in [5.41, 5.74) is 2.78. The number of carbonyl (C=O) groups excluding carboxylic acids is 1. The number of nitrogens with zero attached hydrogens (tertiary/aromatic N) is 1. The first-order valence-electron chi connectivity index (χ1n) is 7.67. The molecule has 0 spiro atoms. The van der Waals surface area contributed by atoms with E-state index in [4.69, 9.17) is 4.42 Å². The number of nitrogens with one attached hydrogen (secondary N) is 2. The summed E-state index contributed by atoms with van der Waals surface area (Å²) in [4.78, 5) is 31.2. The molecule has 0 bridgehead atoms. The molecular formula is C18H12FN3O3S. The molecule has 0 saturated heterocycles. The predicted molar refractivity (Wildman–Crippen MR) is 97.0 cm³/mol. The molecule has 26 heavy (non-hydrogen) atoms. The Bertz CT molecular complexity index is 1170. The van der Waals surface area contributed by atoms with E-state index in [2.05, 4.69) is 15.3 Å². The van der Waals surface area contributed by atoms with Gasteiger partial charge >= 0.3 is 5.76 Å². The standard InChI is InChI=1S/C18H12FN3O3S/c1-9-15(26-17(20-9)10-2-4-11(19)5-3-10)16(23)21-12-6-7-14-13(8-12)22-18(24)25-14/h2-8H,1H3,(H,21,23)(H,22,24). The number of H-pyrrole nitrogens is 1. The van der Waals surface area contributed by atoms with Crippen LogP contribution in [0.15, 0.2) is 51.7 Å². The second kappa shape index (κ2) is 6.23. The lowest BCUT2D eigenvalue weighted by molar-refractivity contribution is 0.103. The quantitative estimate of drug-likeness (QED) is 0.572. The van der Waals surface area contributed by atoms with Gasteiger partial charge in [0.1, 0.15) is 15.7 Å². The Morgan fingerprint density at radius 2 is 2.00 bits per heavy atom. The van der Waals surface area contributed by atoms with Crippen molar-refractivity contribution in [2.45, 2.75) is 6.92 Å². The molecule has 0 aliphatic carbocycles. The van der Waals surface area contributed by atoms with Crippen LogP contribution in [-0.2, 0) is 0 Å². The van der Waals surface area contributed by atoms with E-state index < -0.39 is 5.76 Å². The molecule has 130 valence electrons. The van der Waals surface area contributed by atoms with E-state index in [0.29, 0.717) is 32.4 Å². The van der Waals surface area contributed by atoms with Crippen LogP contribution in [0.2, 0.25) is 0 Å². The maximum atomic E-state index is 13.1. The number of oxazole rings is 1. The highest BCUT2D eigenvalue weighted by Gasteiger charge is 2.17. The number of anilines is 1. The fourth-order valence-electron chi connectivity index (χ4n) is 2.54. The number of hydrogen-bond acceptors (Lipinski definition) is 5. The third-order valence-electron chi connectivity index (χ3n) is 3.77. The highest BCUT2D eigenvalue weighted by Crippen LogP contribution is 2.29. The molecule has 0 radical (unpaired) electrons. The van der Waals surface area contributed by atoms with Crippen LogP contribution in [0.3, 0.4) is 0 Å². The molecule has 0 unspecified atom stereocenters. The maximum absolute atomic E-state index is 13.1. The number of aromatic amines is 1. The molecule has 8 heteroatoms. The lowest BCUT2D eigenvalue weighted by atomic mass is 10.2. The van der Waals surface area contributed by atoms with Gasteiger partial charge in [-0.15, -0.1) is 11.3 Å². The van der Waals surface area contributed by atoms with E-state index in [-0.39, 0.29) is 11.7 Å². The molecule has 0 fully saturated rings. The highest BCUT2D eigenvalue weighted by atomic mass is 32.1. The summed E-state index contributed by atoms with van der Waals surface area (Å²) < 4.78 is 18.0. The molecule has 1 amide bonds. The predicted octanol–water partition coefficient (Wildman–Crippen LogP) is 3.94. The largest absolute Gasteiger partial charge is 0.417 e. The molecule has 0 atom stereocenters. The van der Waals surface area contributed by atoms with Gasteiger partial charge in [-0.05, 0) is 49.4 Å². The van der Waals surface area contributed by atoms with Crippen molar-refractivity contribution >= 4 is 34.0 Å². The number of hydrogen-bond donors (Lipinski definition) is 2. The Labute approximate surface area is 150 Å². The molecule has 2 heterocycles. The minimum Gasteiger partial charge on any atom is -0.408 e. The minimum atomic E-state index is -0.550. The lowest BCUT2D eigenvalue weighted by Gasteiger charge is -2.03. The SMILES string of the molecule is Cc1nc(-c2ccc(F)cc2)sc1C(=O)Nc1ccc2oc(=O)[nH]c2c1. The van der Waals surface area contributed by atoms with Crippen molar-refractivity contribution in [1.82, 2.24) is 9.97 Å². The van der Waals surface area contributed by atoms with Gasteiger partial charge < -0.3 is 9.73 Å². The number of aromatic nitrogens is 2. The Morgan fingerprint density at radius 1 is 1.23 bits per heavy atom. The normalized spacial score (nSPS) is 11.0. The zero-order valence-electron chi connectivity index (χ0n) is 13.5. The molecule has 2 N–H and O–H groups in total. The number of amides is 1. The Hall–Kier alpha value is -3.26. The lowest BCUT2D eigenvalue weighted by Crippen LogP contribution is -2.11. The first kappa shape index (κ1) is 16.2. The van der Waals surface area contributed by atoms with Gasteiger partial charge in [-0.1, -0.05) is 0 Å². The van der Waals surface area contributed by atoms with Crippen LogP contribution in [-0.4, -0.2) is 15.9 Å². The van der Waals surface area contributed by atoms with E-state index in [1.165, 1.54) is 23.5 Å². The van der Waals surface area contributed by atoms with E-state index in [0.717, 1.165) is 5.56 Å². The van der Waals surface area contributed by atoms with Crippen molar-refractivity contribution in [2.24, 2.45) is 0 Å². The molecule has 4 rings (SSSR count). The second-order valence-corrected chi connectivity index (χ2v) is 6.62. The summed E-state index contributed by atoms with van der Waals surface area (Å²) >= 11 is 1.23. The summed E-state index contributed by atoms with van der Waals surface area (Å²) in [5.74, 6) is -1.18. The number of rotatable bonds is 3. The number of carbonyl (C=O) groups is 1. The average molecular weight is 369 g/mol. The second-order valence-electron chi connectivity index (χ2n) is 5.62. The first-order chi connectivity index (χ1) is 12.5. The van der Waals surface area contributed by atoms with Crippen molar-refractivity contribution in [2.75, 3.05) is 5.32 Å². The molecule has 0 aliphatic heterocycles. The average Bonchev–Trinajstić information content (AvgIpc) is 3.17. The Kier molecular flexibility index (Phi) is 3.89. The zero-order chi connectivity index (χ0) is 18.3. The Morgan fingerprint density at radius 3 is 2.77 bits per heavy atom. The molecule has 4 aromatic rings. The van der Waals surface area contributed by atoms with Gasteiger partial charge in [-0.25, -0.2) is 14.2 Å². The molecular weight excluding hydrogens is 357 g/mol. The van der Waals surface area contributed by atoms with Gasteiger partial charge in [0.25, 0.3) is 5.91 Å². The van der Waals surface area contributed by atoms with Crippen molar-refractivity contribution in [1.29, 1.82) is 0 Å². The number of aryl methyl sites for hydroxylation is 1. The van der Waals surface area contributed by atoms with Crippen molar-refractivity contribution in [3.8, 4) is 10.6 Å². The first-order valence-corrected chi connectivity index (χ1v) is 8.49. The van der Waals surface area contributed by atoms with Gasteiger partial charge in [0.2, 0.25) is 0 Å². The van der Waals surface area contributed by atoms with E-state index in [1.54, 1.807) is 37.3 Å². The third-order valence-corrected chi connectivity index (χ3v) is 4.98. The molecule has 0 saturated carbocycles. The van der Waals surface area contributed by atoms with Crippen LogP contribution in [0.1, 0.15) is 15.4 Å². The number of fused-ring (bicyclic) bond motifs is 1. The smallest absolute Gasteiger partial charge is 0.408 e. The topological polar surface area (TPSA) is 88.0 Å². The number of halogens is 1. The maximum Gasteiger partial charge on any atom is 0.417 e. The van der Waals surface area contributed by atoms with Crippen LogP contribution in [0.25, 0.3) is 21.7 Å². The van der Waals surface area contributed by atoms with E-state index in [9.17, 15) is 14.0 Å². The highest BCUT2D eigenvalue weighted by molar-refractivity contribution is 7.17. The summed E-state index contributed by atoms with van der Waals surface area (Å²) in [7, 11) is 0. The molecule has 2 aromatic heterocycles. The zero-order valence-corrected chi connectivity index (χ0v) is 14.3. The summed E-state index contributed by atoms with van der Waals surface area (Å²) in [6.45, 7) is 1.75. The van der Waals surface area contributed by atoms with Gasteiger partial charge in [0.05, 0.1) is 11.2 Å². The van der Waals surface area contributed by atoms with Crippen LogP contribution in [0.4, 0.5) is 10.1 Å². The number of benzene rings is 2. The summed E-state index contributed by atoms with van der Waals surface area (Å²) in [5, 5.41) is 3.42. The minimum absolute atomic E-state index is 0.307. The summed E-state index contributed by atoms with van der Waals surface area (Å²) in [6, 6.07) is 10.8. The van der Waals surface area contributed by atoms with Gasteiger partial charge in [0.15, 0.2) is 5.58 Å². The fraction of sp³-hybridized carbons (Fsp3) is 0.0556. The van der Waals surface area contributed by atoms with Crippen molar-refractivity contribution in [3.63, 3.8) is 0 Å². The van der Waals surface area contributed by atoms with Crippen molar-refractivity contribution < 1.29 is 13.6 Å². The third kappa shape index (κ3) is 3.02. The van der Waals surface area contributed by atoms with Gasteiger partial charge in [0, 0.05) is 11.3 Å². The van der Waals surface area contributed by atoms with Crippen LogP contribution < -0.4 is 11.1 Å². The van der Waals surface area contributed by atoms with Crippen LogP contribution >= 0.6 is 11.3 Å². The summed E-state index contributed by atoms with van der Waals surface area (Å²) in [6.07, 6.45) is 0. The van der Waals surface area contributed by atoms with Crippen molar-refractivity contribution in [3.05, 3.63) is 69.4 Å². The molecule has 0 aliphatic rings. The van der Waals surface area contributed by atoms with Crippen LogP contribution in [0, 0.1) is 12.7 Å². The van der Waals surface area contributed by atoms with Gasteiger partial charge in [-0.2, -0.15) is 0 Å². The van der Waals surface area contributed by atoms with E-state index in [1.807, 2.05) is 0 Å². The fourth-order valence-corrected chi connectivity index (χ4v) is 3.51.